The molecule has 6 rings (SSSR count). The average Bonchev–Trinajstić information content (AvgIpc) is 3.25. The fourth-order valence-electron chi connectivity index (χ4n) is 6.76. The van der Waals surface area contributed by atoms with Gasteiger partial charge in [0.25, 0.3) is 11.8 Å². The molecule has 2 aliphatic carbocycles. The number of amides is 4. The minimum Gasteiger partial charge on any atom is -0.508 e. The highest BCUT2D eigenvalue weighted by Gasteiger charge is 2.77. The molecule has 2 aliphatic heterocycles. The van der Waals surface area contributed by atoms with Gasteiger partial charge in [-0.15, -0.1) is 23.2 Å². The molecule has 3 fully saturated rings. The summed E-state index contributed by atoms with van der Waals surface area (Å²) in [5.74, 6) is -20.7. The van der Waals surface area contributed by atoms with E-state index >= 15 is 0 Å². The molecule has 0 unspecified atom stereocenters. The number of carbonyl (C=O) groups excluding carboxylic acids is 4. The van der Waals surface area contributed by atoms with Crippen LogP contribution in [0.2, 0.25) is 0 Å². The number of hydrogen-bond acceptors (Lipinski definition) is 5. The molecule has 1 saturated carbocycles. The van der Waals surface area contributed by atoms with Crippen LogP contribution in [0, 0.1) is 46.8 Å². The van der Waals surface area contributed by atoms with Crippen LogP contribution in [0.1, 0.15) is 24.3 Å². The minimum atomic E-state index is -2.59. The first-order valence-corrected chi connectivity index (χ1v) is 13.0. The molecular formula is C27H17Cl2F5N2O5. The zero-order valence-corrected chi connectivity index (χ0v) is 22.2. The van der Waals surface area contributed by atoms with Gasteiger partial charge in [0, 0.05) is 13.0 Å². The zero-order chi connectivity index (χ0) is 29.9. The van der Waals surface area contributed by atoms with Crippen molar-refractivity contribution in [3.8, 4) is 5.75 Å². The Hall–Kier alpha value is -3.51. The van der Waals surface area contributed by atoms with Gasteiger partial charge in [-0.1, -0.05) is 23.8 Å². The lowest BCUT2D eigenvalue weighted by molar-refractivity contribution is -0.138. The Kier molecular flexibility index (Phi) is 5.90. The van der Waals surface area contributed by atoms with Gasteiger partial charge in [0.2, 0.25) is 17.6 Å². The molecule has 0 aromatic heterocycles. The van der Waals surface area contributed by atoms with Crippen molar-refractivity contribution in [1.82, 2.24) is 4.90 Å². The largest absolute Gasteiger partial charge is 0.508 e. The molecular weight excluding hydrogens is 598 g/mol. The van der Waals surface area contributed by atoms with Crippen LogP contribution in [0.5, 0.6) is 5.75 Å². The molecule has 2 heterocycles. The van der Waals surface area contributed by atoms with Crippen molar-refractivity contribution in [2.24, 2.45) is 17.8 Å². The van der Waals surface area contributed by atoms with Crippen LogP contribution >= 0.6 is 23.2 Å². The van der Waals surface area contributed by atoms with E-state index in [4.69, 9.17) is 23.2 Å². The molecule has 214 valence electrons. The molecule has 2 aromatic carbocycles. The minimum absolute atomic E-state index is 0.0613. The molecule has 4 aliphatic rings. The van der Waals surface area contributed by atoms with Gasteiger partial charge in [-0.3, -0.25) is 24.1 Å². The second kappa shape index (κ2) is 8.75. The number of alkyl halides is 2. The number of rotatable bonds is 2. The number of phenols is 1. The van der Waals surface area contributed by atoms with E-state index in [2.05, 4.69) is 0 Å². The van der Waals surface area contributed by atoms with E-state index < -0.39 is 98.2 Å². The number of anilines is 1. The van der Waals surface area contributed by atoms with Crippen molar-refractivity contribution >= 4 is 52.5 Å². The number of allylic oxidation sites excluding steroid dienone is 2. The van der Waals surface area contributed by atoms with Gasteiger partial charge in [0.15, 0.2) is 33.0 Å². The second-order valence-corrected chi connectivity index (χ2v) is 11.8. The van der Waals surface area contributed by atoms with Gasteiger partial charge in [-0.25, -0.2) is 26.9 Å². The number of halogens is 7. The predicted molar refractivity (Wildman–Crippen MR) is 132 cm³/mol. The Morgan fingerprint density at radius 2 is 1.39 bits per heavy atom. The third kappa shape index (κ3) is 3.25. The quantitative estimate of drug-likeness (QED) is 0.136. The molecule has 4 amide bonds. The molecule has 1 N–H and O–H groups in total. The van der Waals surface area contributed by atoms with Crippen LogP contribution in [0.25, 0.3) is 0 Å². The summed E-state index contributed by atoms with van der Waals surface area (Å²) in [7, 11) is 1.29. The molecule has 41 heavy (non-hydrogen) atoms. The maximum atomic E-state index is 14.9. The van der Waals surface area contributed by atoms with Crippen LogP contribution in [0.4, 0.5) is 27.6 Å². The molecule has 0 radical (unpaired) electrons. The summed E-state index contributed by atoms with van der Waals surface area (Å²) in [6.07, 6.45) is 1.09. The van der Waals surface area contributed by atoms with Gasteiger partial charge in [0.05, 0.1) is 11.8 Å². The van der Waals surface area contributed by atoms with E-state index in [1.165, 1.54) is 31.3 Å². The molecule has 2 saturated heterocycles. The van der Waals surface area contributed by atoms with Crippen molar-refractivity contribution < 1.29 is 46.2 Å². The number of nitrogens with zero attached hydrogens (tertiary/aromatic N) is 2. The number of carbonyl (C=O) groups is 4. The number of fused-ring (bicyclic) bond motifs is 4. The Balaban J connectivity index is 1.61. The molecule has 6 atom stereocenters. The van der Waals surface area contributed by atoms with Gasteiger partial charge in [0.1, 0.15) is 11.4 Å². The molecule has 0 spiro atoms. The fraction of sp³-hybridized carbons (Fsp3) is 0.333. The normalized spacial score (nSPS) is 32.7. The summed E-state index contributed by atoms with van der Waals surface area (Å²) < 4.78 is 72.0. The van der Waals surface area contributed by atoms with E-state index in [1.807, 2.05) is 0 Å². The lowest BCUT2D eigenvalue weighted by Crippen LogP contribution is -2.60. The Morgan fingerprint density at radius 1 is 0.829 bits per heavy atom. The van der Waals surface area contributed by atoms with Crippen LogP contribution in [-0.4, -0.2) is 50.4 Å². The smallest absolute Gasteiger partial charge is 0.258 e. The fourth-order valence-corrected chi connectivity index (χ4v) is 7.70. The standard InChI is InChI=1S/C27H17Cl2F5N2O5/c1-35-22(38)12-7-6-11-13(14(12)23(35)39)8-26(28)24(40)36(21-19(33)17(31)16(30)18(32)20(21)34)25(41)27(26,29)15(11)9-2-4-10(37)5-3-9/h2-6,12-15,37H,7-8H2,1H3/t12-,13+,14-,15-,26+,27-/m0/s1. The third-order valence-electron chi connectivity index (χ3n) is 8.67. The van der Waals surface area contributed by atoms with Crippen LogP contribution < -0.4 is 4.90 Å². The number of phenolic OH excluding ortho intramolecular Hbond substituents is 1. The molecule has 2 aromatic rings. The summed E-state index contributed by atoms with van der Waals surface area (Å²) in [5.41, 5.74) is -1.31. The van der Waals surface area contributed by atoms with E-state index in [9.17, 15) is 46.2 Å². The lowest BCUT2D eigenvalue weighted by atomic mass is 9.56. The summed E-state index contributed by atoms with van der Waals surface area (Å²) in [6, 6.07) is 5.18. The van der Waals surface area contributed by atoms with Crippen molar-refractivity contribution in [1.29, 1.82) is 0 Å². The van der Waals surface area contributed by atoms with Crippen molar-refractivity contribution in [3.05, 3.63) is 70.6 Å². The van der Waals surface area contributed by atoms with E-state index in [1.54, 1.807) is 6.08 Å². The SMILES string of the molecule is CN1C(=O)[C@H]2[C@H](CC=C3[C@H]2C[C@@]2(Cl)C(=O)N(c4c(F)c(F)c(F)c(F)c4F)C(=O)[C@@]2(Cl)[C@H]3c2ccc(O)cc2)C1=O. The highest BCUT2D eigenvalue weighted by molar-refractivity contribution is 6.58. The Morgan fingerprint density at radius 3 is 1.98 bits per heavy atom. The van der Waals surface area contributed by atoms with Crippen molar-refractivity contribution in [2.75, 3.05) is 11.9 Å². The Labute approximate surface area is 238 Å². The topological polar surface area (TPSA) is 95.0 Å². The first kappa shape index (κ1) is 27.6. The van der Waals surface area contributed by atoms with Gasteiger partial charge >= 0.3 is 0 Å². The first-order chi connectivity index (χ1) is 19.2. The van der Waals surface area contributed by atoms with E-state index in [-0.39, 0.29) is 22.6 Å². The second-order valence-electron chi connectivity index (χ2n) is 10.5. The summed E-state index contributed by atoms with van der Waals surface area (Å²) >= 11 is 13.9. The van der Waals surface area contributed by atoms with Crippen molar-refractivity contribution in [3.63, 3.8) is 0 Å². The molecule has 0 bridgehead atoms. The number of hydrogen-bond donors (Lipinski definition) is 1. The van der Waals surface area contributed by atoms with Crippen LogP contribution in [0.15, 0.2) is 35.9 Å². The maximum absolute atomic E-state index is 14.9. The summed E-state index contributed by atoms with van der Waals surface area (Å²) in [6.45, 7) is 0. The first-order valence-electron chi connectivity index (χ1n) is 12.3. The van der Waals surface area contributed by atoms with Gasteiger partial charge in [-0.05, 0) is 36.5 Å². The van der Waals surface area contributed by atoms with E-state index in [0.717, 1.165) is 4.90 Å². The number of imide groups is 2. The molecule has 7 nitrogen and oxygen atoms in total. The van der Waals surface area contributed by atoms with Gasteiger partial charge in [-0.2, -0.15) is 0 Å². The highest BCUT2D eigenvalue weighted by atomic mass is 35.5. The van der Waals surface area contributed by atoms with Crippen LogP contribution in [-0.2, 0) is 19.2 Å². The summed E-state index contributed by atoms with van der Waals surface area (Å²) in [5, 5.41) is 9.85. The predicted octanol–water partition coefficient (Wildman–Crippen LogP) is 4.28. The van der Waals surface area contributed by atoms with Gasteiger partial charge < -0.3 is 5.11 Å². The third-order valence-corrected chi connectivity index (χ3v) is 10.1. The number of aromatic hydroxyl groups is 1. The van der Waals surface area contributed by atoms with Crippen molar-refractivity contribution in [2.45, 2.75) is 28.5 Å². The monoisotopic (exact) mass is 614 g/mol. The average molecular weight is 615 g/mol. The number of likely N-dealkylation sites (tertiary alicyclic amines) is 1. The maximum Gasteiger partial charge on any atom is 0.258 e. The number of benzene rings is 2. The highest BCUT2D eigenvalue weighted by Crippen LogP contribution is 2.66. The van der Waals surface area contributed by atoms with E-state index in [0.29, 0.717) is 5.57 Å². The lowest BCUT2D eigenvalue weighted by Gasteiger charge is -2.50. The molecule has 14 heteroatoms. The Bertz CT molecular complexity index is 1610. The van der Waals surface area contributed by atoms with Crippen LogP contribution in [0.3, 0.4) is 0 Å². The summed E-state index contributed by atoms with van der Waals surface area (Å²) in [4.78, 5) is 49.4. The zero-order valence-electron chi connectivity index (χ0n) is 20.7.